The minimum atomic E-state index is -1.58. The summed E-state index contributed by atoms with van der Waals surface area (Å²) in [5.41, 5.74) is -1.77. The highest BCUT2D eigenvalue weighted by molar-refractivity contribution is 9.10. The zero-order chi connectivity index (χ0) is 15.7. The van der Waals surface area contributed by atoms with Crippen LogP contribution in [-0.2, 0) is 19.2 Å². The third-order valence-corrected chi connectivity index (χ3v) is 3.52. The van der Waals surface area contributed by atoms with Gasteiger partial charge in [0.05, 0.1) is 0 Å². The van der Waals surface area contributed by atoms with Gasteiger partial charge >= 0.3 is 11.9 Å². The van der Waals surface area contributed by atoms with Crippen molar-refractivity contribution in [2.45, 2.75) is 0 Å². The Morgan fingerprint density at radius 2 is 1.62 bits per heavy atom. The molecule has 0 unspecified atom stereocenters. The summed E-state index contributed by atoms with van der Waals surface area (Å²) in [5.74, 6) is -5.20. The first-order valence-electron chi connectivity index (χ1n) is 5.61. The van der Waals surface area contributed by atoms with Crippen molar-refractivity contribution in [2.24, 2.45) is 0 Å². The van der Waals surface area contributed by atoms with E-state index in [4.69, 9.17) is 10.2 Å². The van der Waals surface area contributed by atoms with Crippen molar-refractivity contribution in [2.75, 3.05) is 0 Å². The van der Waals surface area contributed by atoms with E-state index in [1.54, 1.807) is 18.2 Å². The highest BCUT2D eigenvalue weighted by Gasteiger charge is 2.36. The summed E-state index contributed by atoms with van der Waals surface area (Å²) >= 11 is 3.16. The van der Waals surface area contributed by atoms with Crippen LogP contribution < -0.4 is 0 Å². The number of carbonyl (C=O) groups excluding carboxylic acids is 2. The lowest BCUT2D eigenvalue weighted by atomic mass is 9.85. The van der Waals surface area contributed by atoms with E-state index >= 15 is 0 Å². The van der Waals surface area contributed by atoms with Gasteiger partial charge in [0, 0.05) is 21.7 Å². The molecule has 1 aliphatic carbocycles. The number of ketones is 2. The van der Waals surface area contributed by atoms with Crippen LogP contribution in [0.15, 0.2) is 46.0 Å². The number of carboxylic acid groups (broad SMARTS) is 2. The maximum atomic E-state index is 12.2. The van der Waals surface area contributed by atoms with Gasteiger partial charge in [-0.3, -0.25) is 9.59 Å². The predicted octanol–water partition coefficient (Wildman–Crippen LogP) is 1.45. The van der Waals surface area contributed by atoms with Crippen LogP contribution in [0.4, 0.5) is 0 Å². The summed E-state index contributed by atoms with van der Waals surface area (Å²) in [7, 11) is 0. The Kier molecular flexibility index (Phi) is 3.86. The molecule has 0 saturated carbocycles. The molecule has 0 atom stereocenters. The Morgan fingerprint density at radius 1 is 1.00 bits per heavy atom. The van der Waals surface area contributed by atoms with Crippen LogP contribution in [0, 0.1) is 0 Å². The summed E-state index contributed by atoms with van der Waals surface area (Å²) in [6.45, 7) is 0. The van der Waals surface area contributed by atoms with E-state index in [0.717, 1.165) is 0 Å². The molecule has 0 fully saturated rings. The lowest BCUT2D eigenvalue weighted by molar-refractivity contribution is -0.136. The highest BCUT2D eigenvalue weighted by Crippen LogP contribution is 2.32. The van der Waals surface area contributed by atoms with E-state index in [1.807, 2.05) is 0 Å². The number of benzene rings is 1. The van der Waals surface area contributed by atoms with E-state index in [9.17, 15) is 19.2 Å². The molecule has 0 aliphatic heterocycles. The Hall–Kier alpha value is -2.54. The third kappa shape index (κ3) is 2.55. The average molecular weight is 351 g/mol. The van der Waals surface area contributed by atoms with Crippen molar-refractivity contribution >= 4 is 45.0 Å². The van der Waals surface area contributed by atoms with E-state index in [0.29, 0.717) is 10.5 Å². The number of aliphatic carboxylic acids is 2. The van der Waals surface area contributed by atoms with Crippen LogP contribution in [0.2, 0.25) is 0 Å². The minimum Gasteiger partial charge on any atom is -0.478 e. The van der Waals surface area contributed by atoms with Gasteiger partial charge in [-0.1, -0.05) is 34.1 Å². The molecule has 0 heterocycles. The molecule has 0 saturated heterocycles. The van der Waals surface area contributed by atoms with Crippen LogP contribution >= 0.6 is 15.9 Å². The van der Waals surface area contributed by atoms with E-state index in [1.165, 1.54) is 6.07 Å². The molecular formula is C14H7BrO6. The standard InChI is InChI=1S/C14H7BrO6/c15-8-4-2-1-3-6(8)10-11(14(20)21)9(16)5-7(12(10)17)13(18)19/h1-5H,(H,18,19)(H,20,21). The van der Waals surface area contributed by atoms with Crippen molar-refractivity contribution in [1.29, 1.82) is 0 Å². The summed E-state index contributed by atoms with van der Waals surface area (Å²) in [5, 5.41) is 18.1. The zero-order valence-electron chi connectivity index (χ0n) is 10.3. The fourth-order valence-electron chi connectivity index (χ4n) is 1.93. The zero-order valence-corrected chi connectivity index (χ0v) is 11.9. The van der Waals surface area contributed by atoms with Gasteiger partial charge in [0.1, 0.15) is 11.1 Å². The predicted molar refractivity (Wildman–Crippen MR) is 74.4 cm³/mol. The minimum absolute atomic E-state index is 0.153. The number of rotatable bonds is 3. The SMILES string of the molecule is O=C(O)C1=CC(=O)C(C(=O)O)=C(c2ccccc2Br)C1=O. The van der Waals surface area contributed by atoms with Crippen LogP contribution in [0.3, 0.4) is 0 Å². The molecule has 106 valence electrons. The monoisotopic (exact) mass is 350 g/mol. The second-order valence-electron chi connectivity index (χ2n) is 4.09. The molecule has 6 nitrogen and oxygen atoms in total. The van der Waals surface area contributed by atoms with Crippen LogP contribution in [0.5, 0.6) is 0 Å². The van der Waals surface area contributed by atoms with Crippen molar-refractivity contribution in [3.05, 3.63) is 51.5 Å². The maximum Gasteiger partial charge on any atom is 0.340 e. The largest absolute Gasteiger partial charge is 0.478 e. The molecule has 0 bridgehead atoms. The second-order valence-corrected chi connectivity index (χ2v) is 4.95. The van der Waals surface area contributed by atoms with E-state index in [-0.39, 0.29) is 5.56 Å². The van der Waals surface area contributed by atoms with Crippen molar-refractivity contribution in [3.8, 4) is 0 Å². The Bertz CT molecular complexity index is 756. The Labute approximate surface area is 126 Å². The number of hydrogen-bond donors (Lipinski definition) is 2. The van der Waals surface area contributed by atoms with Crippen molar-refractivity contribution in [1.82, 2.24) is 0 Å². The van der Waals surface area contributed by atoms with Gasteiger partial charge in [-0.15, -0.1) is 0 Å². The normalized spacial score (nSPS) is 15.0. The maximum absolute atomic E-state index is 12.2. The number of halogens is 1. The molecule has 21 heavy (non-hydrogen) atoms. The fraction of sp³-hybridized carbons (Fsp3) is 0. The Balaban J connectivity index is 2.78. The third-order valence-electron chi connectivity index (χ3n) is 2.83. The second kappa shape index (κ2) is 5.45. The molecular weight excluding hydrogens is 344 g/mol. The van der Waals surface area contributed by atoms with E-state index < -0.39 is 40.2 Å². The molecule has 1 aromatic rings. The van der Waals surface area contributed by atoms with Gasteiger partial charge in [0.2, 0.25) is 5.78 Å². The van der Waals surface area contributed by atoms with Crippen LogP contribution in [-0.4, -0.2) is 33.7 Å². The van der Waals surface area contributed by atoms with Gasteiger partial charge in [-0.05, 0) is 6.07 Å². The highest BCUT2D eigenvalue weighted by atomic mass is 79.9. The van der Waals surface area contributed by atoms with Gasteiger partial charge < -0.3 is 10.2 Å². The number of carbonyl (C=O) groups is 4. The molecule has 0 amide bonds. The summed E-state index contributed by atoms with van der Waals surface area (Å²) < 4.78 is 0.381. The van der Waals surface area contributed by atoms with Gasteiger partial charge in [0.25, 0.3) is 0 Å². The first-order chi connectivity index (χ1) is 9.84. The van der Waals surface area contributed by atoms with Crippen molar-refractivity contribution < 1.29 is 29.4 Å². The Morgan fingerprint density at radius 3 is 2.14 bits per heavy atom. The van der Waals surface area contributed by atoms with Gasteiger partial charge in [-0.2, -0.15) is 0 Å². The summed E-state index contributed by atoms with van der Waals surface area (Å²) in [6.07, 6.45) is 0.536. The molecule has 0 aromatic heterocycles. The first-order valence-corrected chi connectivity index (χ1v) is 6.40. The lowest BCUT2D eigenvalue weighted by Gasteiger charge is -2.16. The number of Topliss-reactive ketones (excluding diaryl/α,β-unsaturated/α-hetero) is 1. The van der Waals surface area contributed by atoms with Crippen LogP contribution in [0.25, 0.3) is 5.57 Å². The number of allylic oxidation sites excluding steroid dienone is 2. The summed E-state index contributed by atoms with van der Waals surface area (Å²) in [4.78, 5) is 46.4. The topological polar surface area (TPSA) is 109 Å². The molecule has 1 aliphatic rings. The lowest BCUT2D eigenvalue weighted by Crippen LogP contribution is -2.26. The summed E-state index contributed by atoms with van der Waals surface area (Å²) in [6, 6.07) is 6.16. The first kappa shape index (κ1) is 14.9. The van der Waals surface area contributed by atoms with Crippen LogP contribution in [0.1, 0.15) is 5.56 Å². The molecule has 0 spiro atoms. The van der Waals surface area contributed by atoms with Crippen molar-refractivity contribution in [3.63, 3.8) is 0 Å². The molecule has 7 heteroatoms. The molecule has 2 N–H and O–H groups in total. The molecule has 2 rings (SSSR count). The fourth-order valence-corrected chi connectivity index (χ4v) is 2.42. The van der Waals surface area contributed by atoms with Gasteiger partial charge in [0.15, 0.2) is 5.78 Å². The average Bonchev–Trinajstić information content (AvgIpc) is 2.40. The van der Waals surface area contributed by atoms with E-state index in [2.05, 4.69) is 15.9 Å². The molecule has 0 radical (unpaired) electrons. The molecule has 1 aromatic carbocycles. The van der Waals surface area contributed by atoms with Gasteiger partial charge in [-0.25, -0.2) is 9.59 Å². The smallest absolute Gasteiger partial charge is 0.340 e. The quantitative estimate of drug-likeness (QED) is 0.630. The number of hydrogen-bond acceptors (Lipinski definition) is 4. The number of carboxylic acids is 2.